The molecule has 3 atom stereocenters. The molecule has 3 aliphatic rings. The summed E-state index contributed by atoms with van der Waals surface area (Å²) < 4.78 is 25.7. The van der Waals surface area contributed by atoms with Crippen molar-refractivity contribution < 1.29 is 13.9 Å². The molecular weight excluding hydrogens is 353 g/mol. The summed E-state index contributed by atoms with van der Waals surface area (Å²) in [5.74, 6) is 0.738. The zero-order valence-electron chi connectivity index (χ0n) is 15.8. The molecule has 28 heavy (non-hydrogen) atoms. The third kappa shape index (κ3) is 3.21. The van der Waals surface area contributed by atoms with Crippen molar-refractivity contribution in [3.63, 3.8) is 0 Å². The SMILES string of the molecule is Fc1cccc(-c2ccc(/C=C/[C@H]3[C@@H]4CC=CC[C@@H]4CC34OCCO4)nc2)c1. The maximum absolute atomic E-state index is 13.4. The lowest BCUT2D eigenvalue weighted by atomic mass is 9.81. The van der Waals surface area contributed by atoms with Gasteiger partial charge >= 0.3 is 0 Å². The predicted molar refractivity (Wildman–Crippen MR) is 107 cm³/mol. The maximum Gasteiger partial charge on any atom is 0.175 e. The molecule has 2 fully saturated rings. The van der Waals surface area contributed by atoms with Crippen LogP contribution in [-0.4, -0.2) is 24.0 Å². The molecule has 1 aliphatic heterocycles. The molecule has 0 radical (unpaired) electrons. The van der Waals surface area contributed by atoms with Gasteiger partial charge in [0.2, 0.25) is 0 Å². The van der Waals surface area contributed by atoms with E-state index in [-0.39, 0.29) is 11.7 Å². The first-order chi connectivity index (χ1) is 13.7. The van der Waals surface area contributed by atoms with Crippen LogP contribution in [0, 0.1) is 23.6 Å². The first kappa shape index (κ1) is 17.8. The van der Waals surface area contributed by atoms with Crippen LogP contribution in [0.25, 0.3) is 17.2 Å². The van der Waals surface area contributed by atoms with Crippen molar-refractivity contribution in [2.45, 2.75) is 25.0 Å². The van der Waals surface area contributed by atoms with Crippen molar-refractivity contribution in [1.29, 1.82) is 0 Å². The van der Waals surface area contributed by atoms with Crippen LogP contribution in [0.3, 0.4) is 0 Å². The monoisotopic (exact) mass is 377 g/mol. The lowest BCUT2D eigenvalue weighted by molar-refractivity contribution is -0.175. The van der Waals surface area contributed by atoms with Crippen LogP contribution in [0.1, 0.15) is 25.0 Å². The summed E-state index contributed by atoms with van der Waals surface area (Å²) in [7, 11) is 0. The van der Waals surface area contributed by atoms with E-state index < -0.39 is 5.79 Å². The normalized spacial score (nSPS) is 28.2. The summed E-state index contributed by atoms with van der Waals surface area (Å²) in [6, 6.07) is 10.6. The number of nitrogens with zero attached hydrogens (tertiary/aromatic N) is 1. The highest BCUT2D eigenvalue weighted by molar-refractivity contribution is 5.63. The zero-order chi connectivity index (χ0) is 19.0. The van der Waals surface area contributed by atoms with Crippen LogP contribution in [0.4, 0.5) is 4.39 Å². The number of pyridine rings is 1. The number of halogens is 1. The summed E-state index contributed by atoms with van der Waals surface area (Å²) in [6.07, 6.45) is 13.9. The number of hydrogen-bond acceptors (Lipinski definition) is 3. The van der Waals surface area contributed by atoms with Crippen LogP contribution in [0.5, 0.6) is 0 Å². The van der Waals surface area contributed by atoms with E-state index in [1.807, 2.05) is 18.2 Å². The minimum atomic E-state index is -0.459. The molecule has 144 valence electrons. The molecule has 1 aromatic heterocycles. The number of aromatic nitrogens is 1. The van der Waals surface area contributed by atoms with Gasteiger partial charge in [-0.05, 0) is 54.5 Å². The third-order valence-electron chi connectivity index (χ3n) is 6.33. The Balaban J connectivity index is 1.38. The molecule has 1 spiro atoms. The van der Waals surface area contributed by atoms with E-state index in [1.54, 1.807) is 12.3 Å². The Labute approximate surface area is 164 Å². The zero-order valence-corrected chi connectivity index (χ0v) is 15.8. The Morgan fingerprint density at radius 3 is 2.68 bits per heavy atom. The standard InChI is InChI=1S/C24H24FNO2/c25-20-6-3-5-17(14-20)19-8-9-21(26-16-19)10-11-23-22-7-2-1-4-18(22)15-24(23)27-12-13-28-24/h1-3,5-6,8-11,14,16,18,22-23H,4,7,12-13,15H2/b11-10+/t18-,22-,23+/m1/s1. The summed E-state index contributed by atoms with van der Waals surface area (Å²) in [5, 5.41) is 0. The van der Waals surface area contributed by atoms with Crippen molar-refractivity contribution in [1.82, 2.24) is 4.98 Å². The highest BCUT2D eigenvalue weighted by atomic mass is 19.1. The second-order valence-corrected chi connectivity index (χ2v) is 7.95. The summed E-state index contributed by atoms with van der Waals surface area (Å²) in [5.41, 5.74) is 2.64. The Hall–Kier alpha value is -2.30. The molecule has 0 bridgehead atoms. The molecule has 2 aromatic rings. The number of ether oxygens (including phenoxy) is 2. The summed E-state index contributed by atoms with van der Waals surface area (Å²) in [4.78, 5) is 4.56. The molecule has 0 N–H and O–H groups in total. The smallest absolute Gasteiger partial charge is 0.175 e. The summed E-state index contributed by atoms with van der Waals surface area (Å²) in [6.45, 7) is 1.36. The van der Waals surface area contributed by atoms with E-state index in [4.69, 9.17) is 9.47 Å². The van der Waals surface area contributed by atoms with E-state index in [0.717, 1.165) is 36.1 Å². The topological polar surface area (TPSA) is 31.4 Å². The van der Waals surface area contributed by atoms with E-state index in [0.29, 0.717) is 25.0 Å². The Morgan fingerprint density at radius 2 is 1.89 bits per heavy atom. The van der Waals surface area contributed by atoms with Gasteiger partial charge in [0.05, 0.1) is 18.9 Å². The minimum Gasteiger partial charge on any atom is -0.347 e. The largest absolute Gasteiger partial charge is 0.347 e. The van der Waals surface area contributed by atoms with E-state index in [1.165, 1.54) is 12.1 Å². The lowest BCUT2D eigenvalue weighted by Crippen LogP contribution is -2.35. The second-order valence-electron chi connectivity index (χ2n) is 7.95. The van der Waals surface area contributed by atoms with Gasteiger partial charge in [0.25, 0.3) is 0 Å². The second kappa shape index (κ2) is 7.26. The quantitative estimate of drug-likeness (QED) is 0.685. The average Bonchev–Trinajstić information content (AvgIpc) is 3.31. The third-order valence-corrected chi connectivity index (χ3v) is 6.33. The van der Waals surface area contributed by atoms with Crippen molar-refractivity contribution in [3.05, 3.63) is 72.3 Å². The Kier molecular flexibility index (Phi) is 4.61. The first-order valence-corrected chi connectivity index (χ1v) is 10.1. The fourth-order valence-corrected chi connectivity index (χ4v) is 5.01. The van der Waals surface area contributed by atoms with Gasteiger partial charge in [-0.15, -0.1) is 0 Å². The van der Waals surface area contributed by atoms with Crippen molar-refractivity contribution in [2.24, 2.45) is 17.8 Å². The average molecular weight is 377 g/mol. The van der Waals surface area contributed by atoms with Crippen molar-refractivity contribution in [3.8, 4) is 11.1 Å². The van der Waals surface area contributed by atoms with Crippen LogP contribution >= 0.6 is 0 Å². The van der Waals surface area contributed by atoms with Gasteiger partial charge in [-0.3, -0.25) is 4.98 Å². The van der Waals surface area contributed by atoms with E-state index in [9.17, 15) is 4.39 Å². The number of fused-ring (bicyclic) bond motifs is 1. The molecule has 1 aromatic carbocycles. The van der Waals surface area contributed by atoms with Gasteiger partial charge in [-0.1, -0.05) is 36.4 Å². The maximum atomic E-state index is 13.4. The number of allylic oxidation sites excluding steroid dienone is 2. The summed E-state index contributed by atoms with van der Waals surface area (Å²) >= 11 is 0. The molecule has 0 amide bonds. The molecule has 1 saturated heterocycles. The first-order valence-electron chi connectivity index (χ1n) is 10.1. The van der Waals surface area contributed by atoms with Gasteiger partial charge < -0.3 is 9.47 Å². The van der Waals surface area contributed by atoms with Gasteiger partial charge in [-0.2, -0.15) is 0 Å². The van der Waals surface area contributed by atoms with Crippen LogP contribution in [-0.2, 0) is 9.47 Å². The number of hydrogen-bond donors (Lipinski definition) is 0. The number of rotatable bonds is 3. The Morgan fingerprint density at radius 1 is 1.04 bits per heavy atom. The van der Waals surface area contributed by atoms with Crippen LogP contribution < -0.4 is 0 Å². The minimum absolute atomic E-state index is 0.236. The molecule has 1 saturated carbocycles. The van der Waals surface area contributed by atoms with Gasteiger partial charge in [0, 0.05) is 24.1 Å². The van der Waals surface area contributed by atoms with Gasteiger partial charge in [0.15, 0.2) is 5.79 Å². The van der Waals surface area contributed by atoms with Crippen LogP contribution in [0.15, 0.2) is 60.8 Å². The van der Waals surface area contributed by atoms with E-state index >= 15 is 0 Å². The molecular formula is C24H24FNO2. The lowest BCUT2D eigenvalue weighted by Gasteiger charge is -2.30. The van der Waals surface area contributed by atoms with Gasteiger partial charge in [0.1, 0.15) is 5.82 Å². The van der Waals surface area contributed by atoms with E-state index in [2.05, 4.69) is 29.3 Å². The van der Waals surface area contributed by atoms with Crippen molar-refractivity contribution >= 4 is 6.08 Å². The highest BCUT2D eigenvalue weighted by Gasteiger charge is 2.55. The van der Waals surface area contributed by atoms with Gasteiger partial charge in [-0.25, -0.2) is 4.39 Å². The predicted octanol–water partition coefficient (Wildman–Crippen LogP) is 5.25. The van der Waals surface area contributed by atoms with Crippen LogP contribution in [0.2, 0.25) is 0 Å². The number of benzene rings is 1. The van der Waals surface area contributed by atoms with Crippen molar-refractivity contribution in [2.75, 3.05) is 13.2 Å². The highest BCUT2D eigenvalue weighted by Crippen LogP contribution is 2.53. The molecule has 5 rings (SSSR count). The molecule has 3 nitrogen and oxygen atoms in total. The fourth-order valence-electron chi connectivity index (χ4n) is 5.01. The molecule has 2 aliphatic carbocycles. The molecule has 4 heteroatoms. The molecule has 0 unspecified atom stereocenters. The molecule has 2 heterocycles. The fraction of sp³-hybridized carbons (Fsp3) is 0.375. The Bertz CT molecular complexity index is 899.